The summed E-state index contributed by atoms with van der Waals surface area (Å²) in [5.74, 6) is -0.532. The second-order valence-corrected chi connectivity index (χ2v) is 9.43. The van der Waals surface area contributed by atoms with Crippen LogP contribution < -0.4 is 5.32 Å². The highest BCUT2D eigenvalue weighted by atomic mass is 32.2. The Morgan fingerprint density at radius 1 is 1.19 bits per heavy atom. The summed E-state index contributed by atoms with van der Waals surface area (Å²) in [6.07, 6.45) is 1.80. The van der Waals surface area contributed by atoms with Gasteiger partial charge in [-0.25, -0.2) is 13.2 Å². The first kappa shape index (κ1) is 21.1. The van der Waals surface area contributed by atoms with Crippen LogP contribution in [-0.4, -0.2) is 33.2 Å². The minimum absolute atomic E-state index is 0.140. The van der Waals surface area contributed by atoms with Crippen molar-refractivity contribution in [2.45, 2.75) is 32.1 Å². The van der Waals surface area contributed by atoms with Crippen LogP contribution >= 0.6 is 11.3 Å². The highest BCUT2D eigenvalue weighted by Gasteiger charge is 2.22. The third-order valence-electron chi connectivity index (χ3n) is 3.75. The average molecular weight is 410 g/mol. The predicted octanol–water partition coefficient (Wildman–Crippen LogP) is 3.78. The van der Waals surface area contributed by atoms with Crippen LogP contribution in [0.25, 0.3) is 0 Å². The van der Waals surface area contributed by atoms with Gasteiger partial charge in [0.2, 0.25) is 0 Å². The quantitative estimate of drug-likeness (QED) is 0.703. The second kappa shape index (κ2) is 8.67. The molecule has 8 heteroatoms. The first-order chi connectivity index (χ1) is 12.6. The number of hydrogen-bond donors (Lipinski definition) is 1. The Morgan fingerprint density at radius 2 is 1.81 bits per heavy atom. The zero-order valence-electron chi connectivity index (χ0n) is 15.7. The maximum atomic E-state index is 12.5. The van der Waals surface area contributed by atoms with Gasteiger partial charge in [0.25, 0.3) is 5.91 Å². The zero-order valence-corrected chi connectivity index (χ0v) is 17.4. The number of benzene rings is 1. The first-order valence-corrected chi connectivity index (χ1v) is 11.3. The van der Waals surface area contributed by atoms with Crippen LogP contribution in [0.4, 0.5) is 5.00 Å². The average Bonchev–Trinajstić information content (AvgIpc) is 2.96. The fourth-order valence-corrected chi connectivity index (χ4v) is 4.12. The summed E-state index contributed by atoms with van der Waals surface area (Å²) < 4.78 is 28.2. The van der Waals surface area contributed by atoms with Crippen molar-refractivity contribution in [3.05, 3.63) is 46.3 Å². The third-order valence-corrected chi connectivity index (χ3v) is 5.82. The Kier molecular flexibility index (Phi) is 6.78. The van der Waals surface area contributed by atoms with Crippen molar-refractivity contribution < 1.29 is 22.7 Å². The molecule has 0 spiro atoms. The van der Waals surface area contributed by atoms with Crippen molar-refractivity contribution in [2.75, 3.05) is 18.2 Å². The SMILES string of the molecule is CCOC(=O)c1c(CC(C)C)csc1NC(=O)c1ccc(S(C)(=O)=O)cc1. The Bertz CT molecular complexity index is 928. The van der Waals surface area contributed by atoms with Crippen LogP contribution in [0.2, 0.25) is 0 Å². The lowest BCUT2D eigenvalue weighted by atomic mass is 10.0. The summed E-state index contributed by atoms with van der Waals surface area (Å²) in [6, 6.07) is 5.65. The maximum Gasteiger partial charge on any atom is 0.341 e. The lowest BCUT2D eigenvalue weighted by molar-refractivity contribution is 0.0526. The largest absolute Gasteiger partial charge is 0.462 e. The Balaban J connectivity index is 2.29. The van der Waals surface area contributed by atoms with Crippen LogP contribution in [0, 0.1) is 5.92 Å². The molecule has 6 nitrogen and oxygen atoms in total. The van der Waals surface area contributed by atoms with Crippen LogP contribution in [0.1, 0.15) is 47.1 Å². The molecule has 1 amide bonds. The summed E-state index contributed by atoms with van der Waals surface area (Å²) in [6.45, 7) is 6.08. The highest BCUT2D eigenvalue weighted by molar-refractivity contribution is 7.90. The van der Waals surface area contributed by atoms with Gasteiger partial charge in [-0.3, -0.25) is 4.79 Å². The molecule has 0 radical (unpaired) electrons. The summed E-state index contributed by atoms with van der Waals surface area (Å²) in [4.78, 5) is 25.0. The van der Waals surface area contributed by atoms with Crippen molar-refractivity contribution in [1.82, 2.24) is 0 Å². The van der Waals surface area contributed by atoms with E-state index >= 15 is 0 Å². The van der Waals surface area contributed by atoms with E-state index in [0.717, 1.165) is 11.8 Å². The van der Waals surface area contributed by atoms with Crippen molar-refractivity contribution in [3.63, 3.8) is 0 Å². The number of anilines is 1. The minimum Gasteiger partial charge on any atom is -0.462 e. The van der Waals surface area contributed by atoms with Gasteiger partial charge in [0.05, 0.1) is 17.1 Å². The van der Waals surface area contributed by atoms with Gasteiger partial charge in [-0.15, -0.1) is 11.3 Å². The van der Waals surface area contributed by atoms with Gasteiger partial charge in [0, 0.05) is 11.8 Å². The second-order valence-electron chi connectivity index (χ2n) is 6.53. The minimum atomic E-state index is -3.33. The number of carbonyl (C=O) groups excluding carboxylic acids is 2. The molecule has 2 aromatic rings. The Labute approximate surface area is 163 Å². The van der Waals surface area contributed by atoms with Gasteiger partial charge in [0.15, 0.2) is 9.84 Å². The zero-order chi connectivity index (χ0) is 20.2. The number of hydrogen-bond acceptors (Lipinski definition) is 6. The van der Waals surface area contributed by atoms with E-state index < -0.39 is 21.7 Å². The molecule has 0 unspecified atom stereocenters. The summed E-state index contributed by atoms with van der Waals surface area (Å²) in [7, 11) is -3.33. The van der Waals surface area contributed by atoms with Gasteiger partial charge in [-0.05, 0) is 54.5 Å². The number of nitrogens with one attached hydrogen (secondary N) is 1. The molecule has 0 aliphatic carbocycles. The van der Waals surface area contributed by atoms with Gasteiger partial charge in [-0.2, -0.15) is 0 Å². The van der Waals surface area contributed by atoms with E-state index in [2.05, 4.69) is 5.32 Å². The number of thiophene rings is 1. The third kappa shape index (κ3) is 5.40. The summed E-state index contributed by atoms with van der Waals surface area (Å²) >= 11 is 1.27. The van der Waals surface area contributed by atoms with E-state index in [1.54, 1.807) is 6.92 Å². The van der Waals surface area contributed by atoms with Crippen LogP contribution in [0.5, 0.6) is 0 Å². The normalized spacial score (nSPS) is 11.4. The maximum absolute atomic E-state index is 12.5. The molecular weight excluding hydrogens is 386 g/mol. The standard InChI is InChI=1S/C19H23NO5S2/c1-5-25-19(22)16-14(10-12(2)3)11-26-18(16)20-17(21)13-6-8-15(9-7-13)27(4,23)24/h6-9,11-12H,5,10H2,1-4H3,(H,20,21). The molecule has 0 saturated heterocycles. The van der Waals surface area contributed by atoms with Crippen LogP contribution in [-0.2, 0) is 21.0 Å². The number of amides is 1. The number of sulfone groups is 1. The predicted molar refractivity (Wildman–Crippen MR) is 106 cm³/mol. The Morgan fingerprint density at radius 3 is 2.33 bits per heavy atom. The van der Waals surface area contributed by atoms with E-state index in [0.29, 0.717) is 28.5 Å². The van der Waals surface area contributed by atoms with Gasteiger partial charge in [0.1, 0.15) is 5.00 Å². The van der Waals surface area contributed by atoms with Gasteiger partial charge in [-0.1, -0.05) is 13.8 Å². The van der Waals surface area contributed by atoms with Crippen molar-refractivity contribution in [1.29, 1.82) is 0 Å². The molecular formula is C19H23NO5S2. The molecule has 27 heavy (non-hydrogen) atoms. The smallest absolute Gasteiger partial charge is 0.341 e. The molecule has 0 saturated carbocycles. The molecule has 1 heterocycles. The molecule has 0 aliphatic rings. The fraction of sp³-hybridized carbons (Fsp3) is 0.368. The molecule has 2 rings (SSSR count). The van der Waals surface area contributed by atoms with E-state index in [9.17, 15) is 18.0 Å². The lowest BCUT2D eigenvalue weighted by Gasteiger charge is -2.10. The molecule has 0 atom stereocenters. The van der Waals surface area contributed by atoms with Crippen LogP contribution in [0.15, 0.2) is 34.5 Å². The molecule has 0 aliphatic heterocycles. The topological polar surface area (TPSA) is 89.5 Å². The number of carbonyl (C=O) groups is 2. The number of ether oxygens (including phenoxy) is 1. The summed E-state index contributed by atoms with van der Waals surface area (Å²) in [5.41, 5.74) is 1.53. The molecule has 0 bridgehead atoms. The lowest BCUT2D eigenvalue weighted by Crippen LogP contribution is -2.15. The molecule has 1 aromatic carbocycles. The van der Waals surface area contributed by atoms with Crippen molar-refractivity contribution in [2.24, 2.45) is 5.92 Å². The van der Waals surface area contributed by atoms with Gasteiger partial charge < -0.3 is 10.1 Å². The molecule has 0 fully saturated rings. The summed E-state index contributed by atoms with van der Waals surface area (Å²) in [5, 5.41) is 5.03. The van der Waals surface area contributed by atoms with Gasteiger partial charge >= 0.3 is 5.97 Å². The Hall–Kier alpha value is -2.19. The van der Waals surface area contributed by atoms with Crippen LogP contribution in [0.3, 0.4) is 0 Å². The monoisotopic (exact) mass is 409 g/mol. The van der Waals surface area contributed by atoms with E-state index in [-0.39, 0.29) is 11.5 Å². The fourth-order valence-electron chi connectivity index (χ4n) is 2.53. The molecule has 146 valence electrons. The number of esters is 1. The van der Waals surface area contributed by atoms with E-state index in [4.69, 9.17) is 4.74 Å². The van der Waals surface area contributed by atoms with Crippen molar-refractivity contribution in [3.8, 4) is 0 Å². The highest BCUT2D eigenvalue weighted by Crippen LogP contribution is 2.31. The van der Waals surface area contributed by atoms with Crippen molar-refractivity contribution >= 4 is 38.1 Å². The van der Waals surface area contributed by atoms with E-state index in [1.807, 2.05) is 19.2 Å². The molecule has 1 N–H and O–H groups in total. The first-order valence-electron chi connectivity index (χ1n) is 8.52. The van der Waals surface area contributed by atoms with E-state index in [1.165, 1.54) is 35.6 Å². The number of rotatable bonds is 7. The molecule has 1 aromatic heterocycles.